The van der Waals surface area contributed by atoms with Gasteiger partial charge in [-0.05, 0) is 37.3 Å². The van der Waals surface area contributed by atoms with E-state index < -0.39 is 11.6 Å². The maximum Gasteiger partial charge on any atom is 0.193 e. The van der Waals surface area contributed by atoms with Gasteiger partial charge in [0.1, 0.15) is 11.6 Å². The first kappa shape index (κ1) is 19.1. The number of nitrogens with zero attached hydrogens (tertiary/aromatic N) is 2. The summed E-state index contributed by atoms with van der Waals surface area (Å²) in [5, 5.41) is 3.20. The summed E-state index contributed by atoms with van der Waals surface area (Å²) in [5.41, 5.74) is 0.132. The lowest BCUT2D eigenvalue weighted by Crippen LogP contribution is -2.45. The number of hydrogen-bond acceptors (Lipinski definition) is 1. The number of piperidine rings is 1. The van der Waals surface area contributed by atoms with Crippen LogP contribution < -0.4 is 5.32 Å². The van der Waals surface area contributed by atoms with E-state index in [2.05, 4.69) is 22.1 Å². The Morgan fingerprint density at radius 3 is 2.41 bits per heavy atom. The Morgan fingerprint density at radius 1 is 1.27 bits per heavy atom. The van der Waals surface area contributed by atoms with E-state index in [0.717, 1.165) is 37.8 Å². The molecular weight excluding hydrogens is 399 g/mol. The van der Waals surface area contributed by atoms with Crippen LogP contribution in [0.25, 0.3) is 0 Å². The number of nitrogens with one attached hydrogen (secondary N) is 1. The van der Waals surface area contributed by atoms with Crippen molar-refractivity contribution in [1.82, 2.24) is 10.2 Å². The molecule has 3 nitrogen and oxygen atoms in total. The zero-order valence-electron chi connectivity index (χ0n) is 13.1. The van der Waals surface area contributed by atoms with Gasteiger partial charge in [0.05, 0.1) is 0 Å². The highest BCUT2D eigenvalue weighted by atomic mass is 127. The van der Waals surface area contributed by atoms with Gasteiger partial charge in [-0.2, -0.15) is 0 Å². The average Bonchev–Trinajstić information content (AvgIpc) is 2.47. The van der Waals surface area contributed by atoms with Crippen molar-refractivity contribution >= 4 is 29.9 Å². The van der Waals surface area contributed by atoms with E-state index in [1.54, 1.807) is 7.05 Å². The minimum absolute atomic E-state index is 0. The first-order chi connectivity index (χ1) is 10.1. The third-order valence-electron chi connectivity index (χ3n) is 4.01. The topological polar surface area (TPSA) is 27.6 Å². The van der Waals surface area contributed by atoms with Crippen LogP contribution >= 0.6 is 24.0 Å². The van der Waals surface area contributed by atoms with E-state index in [0.29, 0.717) is 13.0 Å². The molecule has 1 aromatic carbocycles. The molecule has 1 fully saturated rings. The zero-order valence-corrected chi connectivity index (χ0v) is 15.4. The fraction of sp³-hybridized carbons (Fsp3) is 0.562. The van der Waals surface area contributed by atoms with Crippen LogP contribution in [0, 0.1) is 17.6 Å². The van der Waals surface area contributed by atoms with Crippen LogP contribution in [0.4, 0.5) is 8.78 Å². The van der Waals surface area contributed by atoms with Gasteiger partial charge in [-0.15, -0.1) is 24.0 Å². The van der Waals surface area contributed by atoms with Crippen molar-refractivity contribution in [2.75, 3.05) is 26.7 Å². The molecule has 1 aromatic rings. The van der Waals surface area contributed by atoms with E-state index in [-0.39, 0.29) is 29.5 Å². The second-order valence-electron chi connectivity index (χ2n) is 5.59. The molecule has 0 aliphatic carbocycles. The summed E-state index contributed by atoms with van der Waals surface area (Å²) in [5.74, 6) is 0.600. The highest BCUT2D eigenvalue weighted by Gasteiger charge is 2.18. The lowest BCUT2D eigenvalue weighted by atomic mass is 9.99. The summed E-state index contributed by atoms with van der Waals surface area (Å²) < 4.78 is 27.1. The molecule has 2 rings (SSSR count). The molecule has 124 valence electrons. The molecule has 0 unspecified atom stereocenters. The summed E-state index contributed by atoms with van der Waals surface area (Å²) in [6.45, 7) is 4.69. The Kier molecular flexibility index (Phi) is 8.06. The standard InChI is InChI=1S/C16H23F2N3.HI/c1-12-7-10-21(11-8-12)16(19-2)20-9-6-13-14(17)4-3-5-15(13)18;/h3-5,12H,6-11H2,1-2H3,(H,19,20);1H. The molecule has 0 aromatic heterocycles. The molecule has 0 amide bonds. The minimum atomic E-state index is -0.487. The van der Waals surface area contributed by atoms with Crippen molar-refractivity contribution < 1.29 is 8.78 Å². The van der Waals surface area contributed by atoms with Crippen molar-refractivity contribution in [3.05, 3.63) is 35.4 Å². The lowest BCUT2D eigenvalue weighted by molar-refractivity contribution is 0.273. The van der Waals surface area contributed by atoms with Crippen molar-refractivity contribution in [2.24, 2.45) is 10.9 Å². The van der Waals surface area contributed by atoms with Gasteiger partial charge in [0.2, 0.25) is 0 Å². The lowest BCUT2D eigenvalue weighted by Gasteiger charge is -2.32. The fourth-order valence-corrected chi connectivity index (χ4v) is 2.62. The Hall–Kier alpha value is -0.920. The fourth-order valence-electron chi connectivity index (χ4n) is 2.62. The number of hydrogen-bond donors (Lipinski definition) is 1. The molecule has 6 heteroatoms. The van der Waals surface area contributed by atoms with Gasteiger partial charge in [-0.1, -0.05) is 13.0 Å². The monoisotopic (exact) mass is 423 g/mol. The number of rotatable bonds is 3. The molecule has 1 aliphatic heterocycles. The van der Waals surface area contributed by atoms with Crippen LogP contribution in [0.1, 0.15) is 25.3 Å². The van der Waals surface area contributed by atoms with Crippen molar-refractivity contribution in [3.8, 4) is 0 Å². The predicted molar refractivity (Wildman–Crippen MR) is 96.8 cm³/mol. The number of guanidine groups is 1. The largest absolute Gasteiger partial charge is 0.356 e. The van der Waals surface area contributed by atoms with Gasteiger partial charge in [0, 0.05) is 32.2 Å². The molecule has 22 heavy (non-hydrogen) atoms. The number of aliphatic imine (C=N–C) groups is 1. The summed E-state index contributed by atoms with van der Waals surface area (Å²) in [4.78, 5) is 6.46. The van der Waals surface area contributed by atoms with Crippen molar-refractivity contribution in [3.63, 3.8) is 0 Å². The van der Waals surface area contributed by atoms with Gasteiger partial charge in [-0.3, -0.25) is 4.99 Å². The summed E-state index contributed by atoms with van der Waals surface area (Å²) >= 11 is 0. The molecule has 0 saturated carbocycles. The van der Waals surface area contributed by atoms with Crippen LogP contribution in [0.3, 0.4) is 0 Å². The smallest absolute Gasteiger partial charge is 0.193 e. The molecule has 0 bridgehead atoms. The van der Waals surface area contributed by atoms with Crippen LogP contribution in [-0.4, -0.2) is 37.5 Å². The van der Waals surface area contributed by atoms with Crippen LogP contribution in [0.2, 0.25) is 0 Å². The third-order valence-corrected chi connectivity index (χ3v) is 4.01. The van der Waals surface area contributed by atoms with Gasteiger partial charge >= 0.3 is 0 Å². The second-order valence-corrected chi connectivity index (χ2v) is 5.59. The van der Waals surface area contributed by atoms with E-state index in [4.69, 9.17) is 0 Å². The second kappa shape index (κ2) is 9.27. The summed E-state index contributed by atoms with van der Waals surface area (Å²) in [6, 6.07) is 3.97. The van der Waals surface area contributed by atoms with E-state index in [1.165, 1.54) is 18.2 Å². The van der Waals surface area contributed by atoms with Gasteiger partial charge in [-0.25, -0.2) is 8.78 Å². The predicted octanol–water partition coefficient (Wildman–Crippen LogP) is 3.43. The Labute approximate surface area is 148 Å². The average molecular weight is 423 g/mol. The third kappa shape index (κ3) is 5.07. The first-order valence-electron chi connectivity index (χ1n) is 7.50. The van der Waals surface area contributed by atoms with Gasteiger partial charge in [0.15, 0.2) is 5.96 Å². The molecule has 0 atom stereocenters. The number of benzene rings is 1. The van der Waals surface area contributed by atoms with E-state index >= 15 is 0 Å². The minimum Gasteiger partial charge on any atom is -0.356 e. The summed E-state index contributed by atoms with van der Waals surface area (Å²) in [6.07, 6.45) is 2.62. The zero-order chi connectivity index (χ0) is 15.2. The molecule has 0 spiro atoms. The van der Waals surface area contributed by atoms with Crippen LogP contribution in [0.15, 0.2) is 23.2 Å². The van der Waals surface area contributed by atoms with Crippen molar-refractivity contribution in [1.29, 1.82) is 0 Å². The quantitative estimate of drug-likeness (QED) is 0.459. The van der Waals surface area contributed by atoms with E-state index in [1.807, 2.05) is 0 Å². The molecule has 1 N–H and O–H groups in total. The molecule has 1 saturated heterocycles. The normalized spacial score (nSPS) is 16.4. The SMILES string of the molecule is CN=C(NCCc1c(F)cccc1F)N1CCC(C)CC1.I. The maximum absolute atomic E-state index is 13.5. The Morgan fingerprint density at radius 2 is 1.86 bits per heavy atom. The molecule has 1 aliphatic rings. The Balaban J connectivity index is 0.00000242. The first-order valence-corrected chi connectivity index (χ1v) is 7.50. The molecular formula is C16H24F2IN3. The van der Waals surface area contributed by atoms with Gasteiger partial charge in [0.25, 0.3) is 0 Å². The Bertz CT molecular complexity index is 480. The summed E-state index contributed by atoms with van der Waals surface area (Å²) in [7, 11) is 1.74. The maximum atomic E-state index is 13.5. The molecule has 0 radical (unpaired) electrons. The van der Waals surface area contributed by atoms with Crippen molar-refractivity contribution in [2.45, 2.75) is 26.2 Å². The van der Waals surface area contributed by atoms with Crippen LogP contribution in [0.5, 0.6) is 0 Å². The highest BCUT2D eigenvalue weighted by Crippen LogP contribution is 2.16. The number of halogens is 3. The van der Waals surface area contributed by atoms with E-state index in [9.17, 15) is 8.78 Å². The van der Waals surface area contributed by atoms with Gasteiger partial charge < -0.3 is 10.2 Å². The van der Waals surface area contributed by atoms with Crippen LogP contribution in [-0.2, 0) is 6.42 Å². The highest BCUT2D eigenvalue weighted by molar-refractivity contribution is 14.0. The number of likely N-dealkylation sites (tertiary alicyclic amines) is 1. The molecule has 1 heterocycles.